The van der Waals surface area contributed by atoms with Gasteiger partial charge in [0.05, 0.1) is 41.8 Å². The minimum Gasteiger partial charge on any atom is -0.548 e. The highest BCUT2D eigenvalue weighted by Crippen LogP contribution is 2.22. The minimum atomic E-state index is -1.47. The lowest BCUT2D eigenvalue weighted by Crippen LogP contribution is -2.48. The molecule has 2 saturated heterocycles. The summed E-state index contributed by atoms with van der Waals surface area (Å²) < 4.78 is 9.72. The number of carbonyl (C=O) groups excluding carboxylic acids is 6. The highest BCUT2D eigenvalue weighted by atomic mass is 32.2. The van der Waals surface area contributed by atoms with Gasteiger partial charge in [-0.2, -0.15) is 0 Å². The summed E-state index contributed by atoms with van der Waals surface area (Å²) in [5.41, 5.74) is 0. The lowest BCUT2D eigenvalue weighted by Gasteiger charge is -2.26. The fourth-order valence-corrected chi connectivity index (χ4v) is 5.12. The van der Waals surface area contributed by atoms with Crippen LogP contribution in [0.25, 0.3) is 0 Å². The van der Waals surface area contributed by atoms with E-state index in [0.29, 0.717) is 0 Å². The average molecular weight is 539 g/mol. The van der Waals surface area contributed by atoms with Crippen LogP contribution in [-0.4, -0.2) is 108 Å². The standard InChI is InChI=1S/C22H28N4O10S/c1-35-9-17(27)23-12-5-14(21(31)32)25(7-12)18(28)10-37-11-19(29)26-8-13(6-15(26)22(33)34)24-20(30)16-3-2-4-36-16/h2-4,12-15H,5-11H2,1H3,(H,23,27)(H,24,30)(H,31,32)(H,33,34)/p-2/t12-,13-,14-,15-/m0/s1. The molecule has 0 bridgehead atoms. The van der Waals surface area contributed by atoms with E-state index in [2.05, 4.69) is 10.6 Å². The van der Waals surface area contributed by atoms with E-state index in [4.69, 9.17) is 9.15 Å². The molecule has 2 N–H and O–H groups in total. The number of amides is 4. The fraction of sp³-hybridized carbons (Fsp3) is 0.545. The molecule has 202 valence electrons. The normalized spacial score (nSPS) is 23.1. The molecule has 15 heteroatoms. The van der Waals surface area contributed by atoms with Gasteiger partial charge in [0.15, 0.2) is 5.76 Å². The Morgan fingerprint density at radius 1 is 0.973 bits per heavy atom. The van der Waals surface area contributed by atoms with Crippen LogP contribution in [0.1, 0.15) is 23.4 Å². The van der Waals surface area contributed by atoms with Crippen LogP contribution in [0.15, 0.2) is 22.8 Å². The van der Waals surface area contributed by atoms with E-state index in [9.17, 15) is 39.0 Å². The summed E-state index contributed by atoms with van der Waals surface area (Å²) in [6.07, 6.45) is 1.23. The summed E-state index contributed by atoms with van der Waals surface area (Å²) in [6, 6.07) is -0.772. The molecule has 0 aromatic carbocycles. The Kier molecular flexibility index (Phi) is 9.52. The van der Waals surface area contributed by atoms with Gasteiger partial charge < -0.3 is 49.4 Å². The van der Waals surface area contributed by atoms with E-state index >= 15 is 0 Å². The number of rotatable bonds is 11. The van der Waals surface area contributed by atoms with Crippen molar-refractivity contribution < 1.29 is 48.1 Å². The second-order valence-corrected chi connectivity index (χ2v) is 9.56. The number of furan rings is 1. The zero-order valence-corrected chi connectivity index (χ0v) is 20.7. The van der Waals surface area contributed by atoms with Gasteiger partial charge in [0, 0.05) is 32.3 Å². The molecule has 0 saturated carbocycles. The molecule has 14 nitrogen and oxygen atoms in total. The number of carboxylic acids is 2. The molecule has 3 rings (SSSR count). The third-order valence-electron chi connectivity index (χ3n) is 5.96. The number of carboxylic acid groups (broad SMARTS) is 2. The van der Waals surface area contributed by atoms with Gasteiger partial charge in [-0.15, -0.1) is 11.8 Å². The number of nitrogens with one attached hydrogen (secondary N) is 2. The average Bonchev–Trinajstić information content (AvgIpc) is 3.58. The van der Waals surface area contributed by atoms with E-state index in [1.165, 1.54) is 25.5 Å². The molecule has 2 aliphatic rings. The molecule has 0 aliphatic carbocycles. The Hall–Kier alpha value is -3.59. The van der Waals surface area contributed by atoms with Crippen molar-refractivity contribution in [1.29, 1.82) is 0 Å². The zero-order valence-electron chi connectivity index (χ0n) is 19.9. The number of thioether (sulfide) groups is 1. The monoisotopic (exact) mass is 538 g/mol. The van der Waals surface area contributed by atoms with Gasteiger partial charge in [-0.05, 0) is 25.0 Å². The molecule has 3 heterocycles. The molecule has 0 radical (unpaired) electrons. The van der Waals surface area contributed by atoms with E-state index in [1.54, 1.807) is 0 Å². The maximum atomic E-state index is 12.7. The predicted molar refractivity (Wildman–Crippen MR) is 121 cm³/mol. The molecular weight excluding hydrogens is 512 g/mol. The second-order valence-electron chi connectivity index (χ2n) is 8.57. The third kappa shape index (κ3) is 7.22. The number of ether oxygens (including phenoxy) is 1. The van der Waals surface area contributed by atoms with Crippen molar-refractivity contribution in [3.8, 4) is 0 Å². The topological polar surface area (TPSA) is 201 Å². The summed E-state index contributed by atoms with van der Waals surface area (Å²) in [5, 5.41) is 28.3. The first-order valence-corrected chi connectivity index (χ1v) is 12.5. The number of methoxy groups -OCH3 is 1. The molecule has 1 aromatic rings. The fourth-order valence-electron chi connectivity index (χ4n) is 4.34. The number of aliphatic carboxylic acids is 2. The van der Waals surface area contributed by atoms with Crippen molar-refractivity contribution in [2.75, 3.05) is 38.3 Å². The summed E-state index contributed by atoms with van der Waals surface area (Å²) >= 11 is 0.888. The van der Waals surface area contributed by atoms with Gasteiger partial charge in [0.2, 0.25) is 17.7 Å². The van der Waals surface area contributed by atoms with Crippen molar-refractivity contribution in [3.05, 3.63) is 24.2 Å². The van der Waals surface area contributed by atoms with E-state index in [1.807, 2.05) is 0 Å². The molecule has 0 spiro atoms. The molecule has 37 heavy (non-hydrogen) atoms. The molecule has 1 aromatic heterocycles. The Bertz CT molecular complexity index is 1030. The number of hydrogen-bond donors (Lipinski definition) is 2. The second kappa shape index (κ2) is 12.6. The molecule has 4 atom stereocenters. The highest BCUT2D eigenvalue weighted by molar-refractivity contribution is 8.00. The van der Waals surface area contributed by atoms with Crippen LogP contribution in [-0.2, 0) is 28.7 Å². The quantitative estimate of drug-likeness (QED) is 0.278. The van der Waals surface area contributed by atoms with E-state index in [-0.39, 0.29) is 49.8 Å². The van der Waals surface area contributed by atoms with Gasteiger partial charge in [-0.25, -0.2) is 0 Å². The number of nitrogens with zero attached hydrogens (tertiary/aromatic N) is 2. The smallest absolute Gasteiger partial charge is 0.287 e. The largest absolute Gasteiger partial charge is 0.548 e. The maximum absolute atomic E-state index is 12.7. The molecule has 2 fully saturated rings. The van der Waals surface area contributed by atoms with Crippen molar-refractivity contribution >= 4 is 47.3 Å². The number of hydrogen-bond acceptors (Lipinski definition) is 11. The van der Waals surface area contributed by atoms with Crippen LogP contribution in [0.4, 0.5) is 0 Å². The Morgan fingerprint density at radius 3 is 1.97 bits per heavy atom. The highest BCUT2D eigenvalue weighted by Gasteiger charge is 2.38. The lowest BCUT2D eigenvalue weighted by molar-refractivity contribution is -0.311. The van der Waals surface area contributed by atoms with Crippen LogP contribution >= 0.6 is 11.8 Å². The van der Waals surface area contributed by atoms with Gasteiger partial charge >= 0.3 is 0 Å². The van der Waals surface area contributed by atoms with Crippen molar-refractivity contribution in [1.82, 2.24) is 20.4 Å². The van der Waals surface area contributed by atoms with Crippen molar-refractivity contribution in [2.24, 2.45) is 0 Å². The van der Waals surface area contributed by atoms with Crippen LogP contribution in [0.5, 0.6) is 0 Å². The summed E-state index contributed by atoms with van der Waals surface area (Å²) in [4.78, 5) is 74.5. The van der Waals surface area contributed by atoms with Crippen LogP contribution in [0.2, 0.25) is 0 Å². The van der Waals surface area contributed by atoms with Crippen LogP contribution in [0.3, 0.4) is 0 Å². The van der Waals surface area contributed by atoms with E-state index < -0.39 is 59.7 Å². The predicted octanol–water partition coefficient (Wildman–Crippen LogP) is -4.06. The van der Waals surface area contributed by atoms with Crippen LogP contribution < -0.4 is 20.8 Å². The van der Waals surface area contributed by atoms with Gasteiger partial charge in [0.1, 0.15) is 6.61 Å². The van der Waals surface area contributed by atoms with Crippen molar-refractivity contribution in [3.63, 3.8) is 0 Å². The first kappa shape index (κ1) is 28.0. The first-order chi connectivity index (χ1) is 17.6. The minimum absolute atomic E-state index is 0.0285. The third-order valence-corrected chi connectivity index (χ3v) is 6.86. The Labute approximate surface area is 215 Å². The molecule has 0 unspecified atom stereocenters. The van der Waals surface area contributed by atoms with Crippen molar-refractivity contribution in [2.45, 2.75) is 37.0 Å². The molecule has 4 amide bonds. The van der Waals surface area contributed by atoms with Gasteiger partial charge in [-0.3, -0.25) is 19.2 Å². The number of carbonyl (C=O) groups is 6. The van der Waals surface area contributed by atoms with E-state index in [0.717, 1.165) is 21.6 Å². The lowest BCUT2D eigenvalue weighted by atomic mass is 10.1. The Balaban J connectivity index is 1.51. The summed E-state index contributed by atoms with van der Waals surface area (Å²) in [6.45, 7) is -0.327. The summed E-state index contributed by atoms with van der Waals surface area (Å²) in [5.74, 6) is -5.56. The molecule has 2 aliphatic heterocycles. The van der Waals surface area contributed by atoms with Gasteiger partial charge in [0.25, 0.3) is 5.91 Å². The molecular formula is C22H26N4O10S-2. The van der Waals surface area contributed by atoms with Crippen LogP contribution in [0, 0.1) is 0 Å². The SMILES string of the molecule is COCC(=O)N[C@H]1C[C@@H](C(=O)[O-])N(C(=O)CSCC(=O)N2C[C@@H](NC(=O)c3ccco3)C[C@H]2C(=O)[O-])C1. The number of likely N-dealkylation sites (tertiary alicyclic amines) is 2. The first-order valence-electron chi connectivity index (χ1n) is 11.3. The summed E-state index contributed by atoms with van der Waals surface area (Å²) in [7, 11) is 1.33. The Morgan fingerprint density at radius 2 is 1.51 bits per heavy atom. The maximum Gasteiger partial charge on any atom is 0.287 e. The zero-order chi connectivity index (χ0) is 27.1. The van der Waals surface area contributed by atoms with Gasteiger partial charge in [-0.1, -0.05) is 0 Å².